The van der Waals surface area contributed by atoms with Crippen molar-refractivity contribution < 1.29 is 57.1 Å². The standard InChI is InChI=1S/C24H30O12/c1-7-17(29)16-8-9-18(19(10-16)30-6)35-24-23(34-15(5)28)22(33-14(4)27)21(32-13(3)26)20(36-24)11-31-12(2)25/h8-10,20-24H,7,11H2,1-6H3/t20-,21+,22+,23-,24-/m0/s1. The SMILES string of the molecule is CCC(=O)c1ccc(O[C@H]2O[C@@H](COC(C)=O)[C@@H](OC(C)=O)[C@@H](OC(C)=O)[C@@H]2OC(C)=O)c(OC)c1. The van der Waals surface area contributed by atoms with Crippen molar-refractivity contribution in [1.82, 2.24) is 0 Å². The second-order valence-corrected chi connectivity index (χ2v) is 7.83. The van der Waals surface area contributed by atoms with E-state index in [2.05, 4.69) is 0 Å². The van der Waals surface area contributed by atoms with E-state index in [4.69, 9.17) is 33.2 Å². The molecule has 1 fully saturated rings. The fourth-order valence-corrected chi connectivity index (χ4v) is 3.55. The molecule has 0 aromatic heterocycles. The summed E-state index contributed by atoms with van der Waals surface area (Å²) in [5, 5.41) is 0. The second-order valence-electron chi connectivity index (χ2n) is 7.83. The van der Waals surface area contributed by atoms with E-state index in [1.807, 2.05) is 0 Å². The van der Waals surface area contributed by atoms with E-state index in [-0.39, 0.29) is 23.7 Å². The Hall–Kier alpha value is -3.67. The molecule has 0 saturated carbocycles. The Labute approximate surface area is 208 Å². The Bertz CT molecular complexity index is 987. The predicted molar refractivity (Wildman–Crippen MR) is 120 cm³/mol. The van der Waals surface area contributed by atoms with Crippen LogP contribution in [0.4, 0.5) is 0 Å². The molecule has 0 spiro atoms. The first-order valence-electron chi connectivity index (χ1n) is 11.1. The second kappa shape index (κ2) is 12.9. The van der Waals surface area contributed by atoms with Crippen molar-refractivity contribution in [2.75, 3.05) is 13.7 Å². The Morgan fingerprint density at radius 1 is 0.806 bits per heavy atom. The van der Waals surface area contributed by atoms with Crippen molar-refractivity contribution in [2.24, 2.45) is 0 Å². The lowest BCUT2D eigenvalue weighted by atomic mass is 9.98. The largest absolute Gasteiger partial charge is 0.493 e. The average Bonchev–Trinajstić information content (AvgIpc) is 2.80. The van der Waals surface area contributed by atoms with Gasteiger partial charge in [-0.3, -0.25) is 24.0 Å². The number of hydrogen-bond acceptors (Lipinski definition) is 12. The number of methoxy groups -OCH3 is 1. The Morgan fingerprint density at radius 3 is 1.92 bits per heavy atom. The van der Waals surface area contributed by atoms with Crippen molar-refractivity contribution in [2.45, 2.75) is 71.7 Å². The highest BCUT2D eigenvalue weighted by molar-refractivity contribution is 5.96. The summed E-state index contributed by atoms with van der Waals surface area (Å²) in [5.74, 6) is -2.72. The van der Waals surface area contributed by atoms with Gasteiger partial charge in [0.05, 0.1) is 7.11 Å². The van der Waals surface area contributed by atoms with Gasteiger partial charge in [-0.15, -0.1) is 0 Å². The van der Waals surface area contributed by atoms with Gasteiger partial charge in [-0.2, -0.15) is 0 Å². The zero-order chi connectivity index (χ0) is 27.0. The molecule has 1 aromatic carbocycles. The molecule has 0 unspecified atom stereocenters. The summed E-state index contributed by atoms with van der Waals surface area (Å²) in [6.07, 6.45) is -6.38. The molecular formula is C24H30O12. The van der Waals surface area contributed by atoms with Crippen LogP contribution in [-0.4, -0.2) is 74.1 Å². The van der Waals surface area contributed by atoms with E-state index >= 15 is 0 Å². The molecule has 2 rings (SSSR count). The van der Waals surface area contributed by atoms with Gasteiger partial charge in [0.2, 0.25) is 12.4 Å². The molecule has 0 N–H and O–H groups in total. The van der Waals surface area contributed by atoms with Gasteiger partial charge >= 0.3 is 23.9 Å². The first-order valence-corrected chi connectivity index (χ1v) is 11.1. The highest BCUT2D eigenvalue weighted by atomic mass is 16.7. The molecule has 0 radical (unpaired) electrons. The minimum absolute atomic E-state index is 0.117. The van der Waals surface area contributed by atoms with E-state index in [0.717, 1.165) is 20.8 Å². The normalized spacial score (nSPS) is 23.1. The fourth-order valence-electron chi connectivity index (χ4n) is 3.55. The van der Waals surface area contributed by atoms with Crippen LogP contribution >= 0.6 is 0 Å². The molecule has 0 aliphatic carbocycles. The third-order valence-corrected chi connectivity index (χ3v) is 5.00. The topological polar surface area (TPSA) is 150 Å². The molecule has 5 atom stereocenters. The first kappa shape index (κ1) is 28.6. The Morgan fingerprint density at radius 2 is 1.39 bits per heavy atom. The maximum Gasteiger partial charge on any atom is 0.303 e. The van der Waals surface area contributed by atoms with Gasteiger partial charge in [0.1, 0.15) is 12.7 Å². The zero-order valence-electron chi connectivity index (χ0n) is 20.9. The van der Waals surface area contributed by atoms with Gasteiger partial charge in [0.15, 0.2) is 29.5 Å². The van der Waals surface area contributed by atoms with Crippen LogP contribution in [-0.2, 0) is 42.9 Å². The number of hydrogen-bond donors (Lipinski definition) is 0. The predicted octanol–water partition coefficient (Wildman–Crippen LogP) is 1.75. The van der Waals surface area contributed by atoms with Crippen molar-refractivity contribution >= 4 is 29.7 Å². The van der Waals surface area contributed by atoms with E-state index in [1.165, 1.54) is 32.2 Å². The van der Waals surface area contributed by atoms with Gasteiger partial charge in [0.25, 0.3) is 0 Å². The van der Waals surface area contributed by atoms with Crippen LogP contribution in [0.2, 0.25) is 0 Å². The van der Waals surface area contributed by atoms with Crippen LogP contribution in [0.5, 0.6) is 11.5 Å². The first-order chi connectivity index (χ1) is 17.0. The average molecular weight is 510 g/mol. The molecule has 12 nitrogen and oxygen atoms in total. The van der Waals surface area contributed by atoms with Crippen LogP contribution in [0.25, 0.3) is 0 Å². The summed E-state index contributed by atoms with van der Waals surface area (Å²) in [6, 6.07) is 4.47. The zero-order valence-corrected chi connectivity index (χ0v) is 20.9. The van der Waals surface area contributed by atoms with E-state index in [0.29, 0.717) is 5.56 Å². The van der Waals surface area contributed by atoms with Crippen molar-refractivity contribution in [3.63, 3.8) is 0 Å². The fraction of sp³-hybridized carbons (Fsp3) is 0.542. The summed E-state index contributed by atoms with van der Waals surface area (Å²) in [4.78, 5) is 59.2. The smallest absolute Gasteiger partial charge is 0.303 e. The van der Waals surface area contributed by atoms with E-state index in [9.17, 15) is 24.0 Å². The van der Waals surface area contributed by atoms with Crippen molar-refractivity contribution in [1.29, 1.82) is 0 Å². The van der Waals surface area contributed by atoms with Crippen LogP contribution in [0.1, 0.15) is 51.4 Å². The van der Waals surface area contributed by atoms with Gasteiger partial charge in [-0.05, 0) is 18.2 Å². The molecule has 36 heavy (non-hydrogen) atoms. The third-order valence-electron chi connectivity index (χ3n) is 5.00. The number of ether oxygens (including phenoxy) is 7. The number of carbonyl (C=O) groups excluding carboxylic acids is 5. The summed E-state index contributed by atoms with van der Waals surface area (Å²) < 4.78 is 38.3. The molecular weight excluding hydrogens is 480 g/mol. The van der Waals surface area contributed by atoms with Gasteiger partial charge in [0, 0.05) is 39.7 Å². The summed E-state index contributed by atoms with van der Waals surface area (Å²) in [5.41, 5.74) is 0.392. The van der Waals surface area contributed by atoms with E-state index < -0.39 is 61.2 Å². The number of benzene rings is 1. The van der Waals surface area contributed by atoms with Gasteiger partial charge in [-0.25, -0.2) is 0 Å². The molecule has 1 saturated heterocycles. The highest BCUT2D eigenvalue weighted by Gasteiger charge is 2.53. The quantitative estimate of drug-likeness (QED) is 0.256. The van der Waals surface area contributed by atoms with E-state index in [1.54, 1.807) is 6.92 Å². The van der Waals surface area contributed by atoms with Gasteiger partial charge in [-0.1, -0.05) is 6.92 Å². The molecule has 0 amide bonds. The highest BCUT2D eigenvalue weighted by Crippen LogP contribution is 2.35. The summed E-state index contributed by atoms with van der Waals surface area (Å²) in [6.45, 7) is 5.87. The number of carbonyl (C=O) groups is 5. The van der Waals surface area contributed by atoms with Crippen LogP contribution in [0.15, 0.2) is 18.2 Å². The van der Waals surface area contributed by atoms with Gasteiger partial charge < -0.3 is 33.2 Å². The summed E-state index contributed by atoms with van der Waals surface area (Å²) in [7, 11) is 1.37. The lowest BCUT2D eigenvalue weighted by Gasteiger charge is -2.44. The van der Waals surface area contributed by atoms with Crippen molar-refractivity contribution in [3.8, 4) is 11.5 Å². The number of esters is 4. The Balaban J connectivity index is 2.52. The minimum Gasteiger partial charge on any atom is -0.493 e. The monoisotopic (exact) mass is 510 g/mol. The molecule has 1 aromatic rings. The molecule has 1 aliphatic rings. The molecule has 0 bridgehead atoms. The lowest BCUT2D eigenvalue weighted by Crippen LogP contribution is -2.63. The Kier molecular flexibility index (Phi) is 10.2. The minimum atomic E-state index is -1.42. The van der Waals surface area contributed by atoms with Crippen LogP contribution < -0.4 is 9.47 Å². The number of ketones is 1. The number of Topliss-reactive ketones (excluding diaryl/α,β-unsaturated/α-hetero) is 1. The molecule has 198 valence electrons. The third kappa shape index (κ3) is 7.67. The molecule has 12 heteroatoms. The lowest BCUT2D eigenvalue weighted by molar-refractivity contribution is -0.288. The number of rotatable bonds is 10. The summed E-state index contributed by atoms with van der Waals surface area (Å²) >= 11 is 0. The maximum atomic E-state index is 12.1. The van der Waals surface area contributed by atoms with Crippen molar-refractivity contribution in [3.05, 3.63) is 23.8 Å². The molecule has 1 aliphatic heterocycles. The molecule has 1 heterocycles. The van der Waals surface area contributed by atoms with Crippen LogP contribution in [0.3, 0.4) is 0 Å². The van der Waals surface area contributed by atoms with Crippen LogP contribution in [0, 0.1) is 0 Å². The maximum absolute atomic E-state index is 12.1.